The number of ether oxygens (including phenoxy) is 1. The molecule has 21 heavy (non-hydrogen) atoms. The summed E-state index contributed by atoms with van der Waals surface area (Å²) in [5.41, 5.74) is 0. The van der Waals surface area contributed by atoms with E-state index in [-0.39, 0.29) is 5.91 Å². The first-order valence-electron chi connectivity index (χ1n) is 7.63. The van der Waals surface area contributed by atoms with Gasteiger partial charge in [-0.1, -0.05) is 11.6 Å². The Hall–Kier alpha value is -1.26. The summed E-state index contributed by atoms with van der Waals surface area (Å²) in [6.07, 6.45) is 3.95. The summed E-state index contributed by atoms with van der Waals surface area (Å²) in [4.78, 5) is 14.3. The van der Waals surface area contributed by atoms with Gasteiger partial charge < -0.3 is 15.0 Å². The minimum Gasteiger partial charge on any atom is -0.493 e. The van der Waals surface area contributed by atoms with E-state index < -0.39 is 0 Å². The molecule has 1 aromatic rings. The lowest BCUT2D eigenvalue weighted by atomic mass is 10.1. The summed E-state index contributed by atoms with van der Waals surface area (Å²) in [6.45, 7) is 2.13. The molecule has 2 atom stereocenters. The van der Waals surface area contributed by atoms with Gasteiger partial charge in [0.25, 0.3) is 0 Å². The van der Waals surface area contributed by atoms with Gasteiger partial charge in [-0.15, -0.1) is 0 Å². The lowest BCUT2D eigenvalue weighted by molar-refractivity contribution is -0.131. The number of carbonyl (C=O) groups is 1. The van der Waals surface area contributed by atoms with E-state index in [1.165, 1.54) is 12.8 Å². The van der Waals surface area contributed by atoms with E-state index in [0.717, 1.165) is 25.3 Å². The number of halogens is 1. The first kappa shape index (κ1) is 14.7. The first-order valence-corrected chi connectivity index (χ1v) is 8.01. The Morgan fingerprint density at radius 1 is 1.24 bits per heavy atom. The molecule has 3 rings (SSSR count). The van der Waals surface area contributed by atoms with Crippen LogP contribution in [0.25, 0.3) is 0 Å². The fourth-order valence-electron chi connectivity index (χ4n) is 3.11. The predicted octanol–water partition coefficient (Wildman–Crippen LogP) is 2.46. The van der Waals surface area contributed by atoms with Crippen molar-refractivity contribution in [3.05, 3.63) is 29.3 Å². The van der Waals surface area contributed by atoms with Gasteiger partial charge in [0.2, 0.25) is 5.91 Å². The molecule has 0 aromatic heterocycles. The molecule has 2 aliphatic heterocycles. The van der Waals surface area contributed by atoms with Crippen LogP contribution in [-0.4, -0.2) is 42.6 Å². The molecule has 1 aromatic carbocycles. The number of benzene rings is 1. The highest BCUT2D eigenvalue weighted by Gasteiger charge is 2.30. The zero-order valence-electron chi connectivity index (χ0n) is 12.1. The van der Waals surface area contributed by atoms with Crippen LogP contribution < -0.4 is 10.1 Å². The molecular formula is C16H21ClN2O2. The van der Waals surface area contributed by atoms with Crippen molar-refractivity contribution < 1.29 is 9.53 Å². The summed E-state index contributed by atoms with van der Waals surface area (Å²) in [7, 11) is 0. The minimum absolute atomic E-state index is 0.193. The fraction of sp³-hybridized carbons (Fsp3) is 0.562. The maximum absolute atomic E-state index is 12.3. The van der Waals surface area contributed by atoms with Crippen LogP contribution in [0.5, 0.6) is 5.75 Å². The van der Waals surface area contributed by atoms with Gasteiger partial charge in [-0.2, -0.15) is 0 Å². The van der Waals surface area contributed by atoms with E-state index in [0.29, 0.717) is 30.1 Å². The quantitative estimate of drug-likeness (QED) is 0.929. The average molecular weight is 309 g/mol. The molecule has 0 saturated carbocycles. The third-order valence-corrected chi connectivity index (χ3v) is 4.53. The Morgan fingerprint density at radius 3 is 2.81 bits per heavy atom. The summed E-state index contributed by atoms with van der Waals surface area (Å²) in [6, 6.07) is 8.31. The second-order valence-corrected chi connectivity index (χ2v) is 6.26. The Labute approximate surface area is 130 Å². The Bertz CT molecular complexity index is 492. The first-order chi connectivity index (χ1) is 10.2. The Balaban J connectivity index is 1.44. The molecular weight excluding hydrogens is 288 g/mol. The van der Waals surface area contributed by atoms with E-state index >= 15 is 0 Å². The van der Waals surface area contributed by atoms with Crippen molar-refractivity contribution in [2.24, 2.45) is 0 Å². The van der Waals surface area contributed by atoms with Gasteiger partial charge in [0.15, 0.2) is 0 Å². The highest BCUT2D eigenvalue weighted by atomic mass is 35.5. The standard InChI is InChI=1S/C16H21ClN2O2/c17-12-1-5-15(6-2-12)21-10-8-16(20)19-9-7-13-3-4-14(11-19)18-13/h1-2,5-6,13-14,18H,3-4,7-11H2. The Morgan fingerprint density at radius 2 is 2.00 bits per heavy atom. The molecule has 2 unspecified atom stereocenters. The van der Waals surface area contributed by atoms with Crippen molar-refractivity contribution in [1.29, 1.82) is 0 Å². The molecule has 2 saturated heterocycles. The molecule has 2 bridgehead atoms. The van der Waals surface area contributed by atoms with E-state index in [1.807, 2.05) is 17.0 Å². The molecule has 2 heterocycles. The van der Waals surface area contributed by atoms with Gasteiger partial charge in [0.1, 0.15) is 5.75 Å². The molecule has 1 N–H and O–H groups in total. The van der Waals surface area contributed by atoms with Gasteiger partial charge in [-0.05, 0) is 43.5 Å². The largest absolute Gasteiger partial charge is 0.493 e. The van der Waals surface area contributed by atoms with Gasteiger partial charge in [-0.3, -0.25) is 4.79 Å². The van der Waals surface area contributed by atoms with Crippen LogP contribution in [0.1, 0.15) is 25.7 Å². The number of likely N-dealkylation sites (tertiary alicyclic amines) is 1. The zero-order valence-corrected chi connectivity index (χ0v) is 12.8. The van der Waals surface area contributed by atoms with Gasteiger partial charge >= 0.3 is 0 Å². The molecule has 0 spiro atoms. The SMILES string of the molecule is O=C(CCOc1ccc(Cl)cc1)N1CCC2CCC(C1)N2. The van der Waals surface area contributed by atoms with Crippen LogP contribution in [0, 0.1) is 0 Å². The maximum Gasteiger partial charge on any atom is 0.226 e. The van der Waals surface area contributed by atoms with Crippen LogP contribution >= 0.6 is 11.6 Å². The topological polar surface area (TPSA) is 41.6 Å². The highest BCUT2D eigenvalue weighted by molar-refractivity contribution is 6.30. The molecule has 2 aliphatic rings. The van der Waals surface area contributed by atoms with Crippen molar-refractivity contribution in [2.45, 2.75) is 37.8 Å². The van der Waals surface area contributed by atoms with Crippen LogP contribution in [0.4, 0.5) is 0 Å². The summed E-state index contributed by atoms with van der Waals surface area (Å²) in [5, 5.41) is 4.27. The molecule has 5 heteroatoms. The van der Waals surface area contributed by atoms with Gasteiger partial charge in [0, 0.05) is 30.2 Å². The minimum atomic E-state index is 0.193. The van der Waals surface area contributed by atoms with E-state index in [9.17, 15) is 4.79 Å². The summed E-state index contributed by atoms with van der Waals surface area (Å²) >= 11 is 5.82. The molecule has 114 valence electrons. The molecule has 4 nitrogen and oxygen atoms in total. The molecule has 0 radical (unpaired) electrons. The normalized spacial score (nSPS) is 24.7. The third kappa shape index (κ3) is 3.89. The smallest absolute Gasteiger partial charge is 0.226 e. The predicted molar refractivity (Wildman–Crippen MR) is 82.7 cm³/mol. The number of fused-ring (bicyclic) bond motifs is 2. The van der Waals surface area contributed by atoms with Gasteiger partial charge in [-0.25, -0.2) is 0 Å². The average Bonchev–Trinajstić information content (AvgIpc) is 2.80. The maximum atomic E-state index is 12.3. The number of nitrogens with one attached hydrogen (secondary N) is 1. The van der Waals surface area contributed by atoms with Crippen LogP contribution in [0.15, 0.2) is 24.3 Å². The number of carbonyl (C=O) groups excluding carboxylic acids is 1. The van der Waals surface area contributed by atoms with E-state index in [2.05, 4.69) is 5.32 Å². The fourth-order valence-corrected chi connectivity index (χ4v) is 3.24. The number of hydrogen-bond acceptors (Lipinski definition) is 3. The zero-order chi connectivity index (χ0) is 14.7. The number of amides is 1. The molecule has 0 aliphatic carbocycles. The monoisotopic (exact) mass is 308 g/mol. The van der Waals surface area contributed by atoms with Crippen LogP contribution in [0.3, 0.4) is 0 Å². The highest BCUT2D eigenvalue weighted by Crippen LogP contribution is 2.21. The second-order valence-electron chi connectivity index (χ2n) is 5.82. The van der Waals surface area contributed by atoms with Crippen molar-refractivity contribution >= 4 is 17.5 Å². The Kier molecular flexibility index (Phi) is 4.66. The number of hydrogen-bond donors (Lipinski definition) is 1. The van der Waals surface area contributed by atoms with Crippen molar-refractivity contribution in [3.8, 4) is 5.75 Å². The lowest BCUT2D eigenvalue weighted by Gasteiger charge is -2.24. The van der Waals surface area contributed by atoms with Crippen molar-refractivity contribution in [3.63, 3.8) is 0 Å². The van der Waals surface area contributed by atoms with Gasteiger partial charge in [0.05, 0.1) is 13.0 Å². The van der Waals surface area contributed by atoms with E-state index in [1.54, 1.807) is 12.1 Å². The third-order valence-electron chi connectivity index (χ3n) is 4.27. The second kappa shape index (κ2) is 6.67. The van der Waals surface area contributed by atoms with E-state index in [4.69, 9.17) is 16.3 Å². The van der Waals surface area contributed by atoms with Crippen LogP contribution in [-0.2, 0) is 4.79 Å². The number of rotatable bonds is 4. The summed E-state index contributed by atoms with van der Waals surface area (Å²) in [5.74, 6) is 0.946. The van der Waals surface area contributed by atoms with Crippen molar-refractivity contribution in [1.82, 2.24) is 10.2 Å². The van der Waals surface area contributed by atoms with Crippen molar-refractivity contribution in [2.75, 3.05) is 19.7 Å². The summed E-state index contributed by atoms with van der Waals surface area (Å²) < 4.78 is 5.59. The lowest BCUT2D eigenvalue weighted by Crippen LogP contribution is -2.39. The molecule has 2 fully saturated rings. The van der Waals surface area contributed by atoms with Crippen LogP contribution in [0.2, 0.25) is 5.02 Å². The molecule has 1 amide bonds. The number of nitrogens with zero attached hydrogens (tertiary/aromatic N) is 1.